The molecule has 0 fully saturated rings. The van der Waals surface area contributed by atoms with Gasteiger partial charge in [0.05, 0.1) is 0 Å². The van der Waals surface area contributed by atoms with Gasteiger partial charge in [0.1, 0.15) is 20.3 Å². The van der Waals surface area contributed by atoms with E-state index in [4.69, 9.17) is 8.85 Å². The molecular weight excluding hydrogens is 495 g/mol. The van der Waals surface area contributed by atoms with E-state index in [0.29, 0.717) is 0 Å². The van der Waals surface area contributed by atoms with Crippen LogP contribution in [0.3, 0.4) is 0 Å². The standard InChI is InChI=1S/C21H41IO2Si3/c1-20(2,3)26(10,11)23-18(14-16-22)19(15-17-25(7,8)9)24-27(12,13)21(4,5)6/h18-19H,1-13H3/t18-,19-/m1/s1. The Morgan fingerprint density at radius 2 is 1.00 bits per heavy atom. The third-order valence-corrected chi connectivity index (χ3v) is 15.6. The van der Waals surface area contributed by atoms with Crippen molar-refractivity contribution in [2.24, 2.45) is 0 Å². The fraction of sp³-hybridized carbons (Fsp3) is 0.810. The number of rotatable bonds is 5. The summed E-state index contributed by atoms with van der Waals surface area (Å²) in [5.41, 5.74) is 3.51. The van der Waals surface area contributed by atoms with Crippen LogP contribution in [0.5, 0.6) is 0 Å². The summed E-state index contributed by atoms with van der Waals surface area (Å²) in [6.07, 6.45) is -0.602. The molecule has 0 aromatic carbocycles. The van der Waals surface area contributed by atoms with Crippen LogP contribution in [0.4, 0.5) is 0 Å². The highest BCUT2D eigenvalue weighted by Gasteiger charge is 2.44. The highest BCUT2D eigenvalue weighted by molar-refractivity contribution is 14.1. The zero-order valence-corrected chi connectivity index (χ0v) is 25.0. The van der Waals surface area contributed by atoms with Crippen LogP contribution in [0.25, 0.3) is 0 Å². The van der Waals surface area contributed by atoms with E-state index in [0.717, 1.165) is 0 Å². The quantitative estimate of drug-likeness (QED) is 0.213. The lowest BCUT2D eigenvalue weighted by molar-refractivity contribution is 0.106. The van der Waals surface area contributed by atoms with Crippen molar-refractivity contribution in [1.29, 1.82) is 0 Å². The molecule has 0 rings (SSSR count). The molecule has 0 aromatic heterocycles. The minimum Gasteiger partial charge on any atom is -0.400 e. The second-order valence-electron chi connectivity index (χ2n) is 11.4. The Bertz CT molecular complexity index is 615. The topological polar surface area (TPSA) is 18.5 Å². The first-order valence-electron chi connectivity index (χ1n) is 9.73. The molecule has 0 aliphatic rings. The van der Waals surface area contributed by atoms with Gasteiger partial charge in [-0.15, -0.1) is 5.54 Å². The monoisotopic (exact) mass is 536 g/mol. The molecule has 0 radical (unpaired) electrons. The molecule has 2 atom stereocenters. The predicted octanol–water partition coefficient (Wildman–Crippen LogP) is 7.04. The second-order valence-corrected chi connectivity index (χ2v) is 26.2. The Morgan fingerprint density at radius 3 is 1.26 bits per heavy atom. The van der Waals surface area contributed by atoms with Crippen molar-refractivity contribution in [2.45, 2.75) is 110 Å². The Hall–Kier alpha value is 0.421. The third kappa shape index (κ3) is 9.18. The first-order valence-corrected chi connectivity index (χ1v) is 20.1. The SMILES string of the molecule is CC(C)(C)[Si](C)(C)O[C@H](C#CI)[C@@H](C#C[Si](C)(C)C)O[Si](C)(C)C(C)(C)C. The molecule has 0 amide bonds. The van der Waals surface area contributed by atoms with Crippen LogP contribution >= 0.6 is 22.6 Å². The summed E-state index contributed by atoms with van der Waals surface area (Å²) < 4.78 is 16.5. The van der Waals surface area contributed by atoms with Gasteiger partial charge in [0, 0.05) is 22.6 Å². The largest absolute Gasteiger partial charge is 0.400 e. The maximum atomic E-state index is 6.75. The first-order chi connectivity index (χ1) is 11.7. The van der Waals surface area contributed by atoms with Crippen molar-refractivity contribution in [3.63, 3.8) is 0 Å². The summed E-state index contributed by atoms with van der Waals surface area (Å²) in [6, 6.07) is 0. The van der Waals surface area contributed by atoms with Gasteiger partial charge in [0.15, 0.2) is 16.6 Å². The Morgan fingerprint density at radius 1 is 0.667 bits per heavy atom. The Kier molecular flexibility index (Phi) is 9.64. The second kappa shape index (κ2) is 9.49. The van der Waals surface area contributed by atoms with Gasteiger partial charge in [-0.1, -0.05) is 73.0 Å². The van der Waals surface area contributed by atoms with Crippen molar-refractivity contribution in [2.75, 3.05) is 0 Å². The van der Waals surface area contributed by atoms with Gasteiger partial charge >= 0.3 is 0 Å². The molecule has 0 aliphatic heterocycles. The predicted molar refractivity (Wildman–Crippen MR) is 137 cm³/mol. The summed E-state index contributed by atoms with van der Waals surface area (Å²) >= 11 is 2.10. The van der Waals surface area contributed by atoms with Gasteiger partial charge in [0.25, 0.3) is 0 Å². The first kappa shape index (κ1) is 27.4. The van der Waals surface area contributed by atoms with Crippen LogP contribution in [-0.2, 0) is 8.85 Å². The van der Waals surface area contributed by atoms with E-state index in [1.807, 2.05) is 0 Å². The van der Waals surface area contributed by atoms with E-state index in [9.17, 15) is 0 Å². The summed E-state index contributed by atoms with van der Waals surface area (Å²) in [6.45, 7) is 29.4. The fourth-order valence-corrected chi connectivity index (χ4v) is 4.89. The molecular formula is C21H41IO2Si3. The molecule has 2 nitrogen and oxygen atoms in total. The highest BCUT2D eigenvalue weighted by Crippen LogP contribution is 2.40. The van der Waals surface area contributed by atoms with E-state index < -0.39 is 24.7 Å². The zero-order chi connectivity index (χ0) is 21.9. The molecule has 0 N–H and O–H groups in total. The van der Waals surface area contributed by atoms with E-state index in [2.05, 4.69) is 131 Å². The van der Waals surface area contributed by atoms with E-state index in [1.165, 1.54) is 0 Å². The molecule has 0 bridgehead atoms. The lowest BCUT2D eigenvalue weighted by Gasteiger charge is -2.42. The molecule has 0 unspecified atom stereocenters. The van der Waals surface area contributed by atoms with Crippen LogP contribution in [0, 0.1) is 21.3 Å². The summed E-state index contributed by atoms with van der Waals surface area (Å²) in [4.78, 5) is 0. The normalized spacial score (nSPS) is 15.9. The maximum Gasteiger partial charge on any atom is 0.193 e. The Balaban J connectivity index is 6.09. The molecule has 0 heterocycles. The van der Waals surface area contributed by atoms with Gasteiger partial charge in [-0.25, -0.2) is 0 Å². The molecule has 27 heavy (non-hydrogen) atoms. The average molecular weight is 537 g/mol. The summed E-state index contributed by atoms with van der Waals surface area (Å²) in [5, 5.41) is 0.233. The van der Waals surface area contributed by atoms with Crippen LogP contribution in [0.1, 0.15) is 41.5 Å². The minimum absolute atomic E-state index is 0.116. The van der Waals surface area contributed by atoms with Crippen molar-refractivity contribution < 1.29 is 8.85 Å². The van der Waals surface area contributed by atoms with Crippen LogP contribution in [0.15, 0.2) is 0 Å². The smallest absolute Gasteiger partial charge is 0.193 e. The molecule has 0 saturated heterocycles. The van der Waals surface area contributed by atoms with Crippen LogP contribution in [0.2, 0.25) is 55.9 Å². The summed E-state index contributed by atoms with van der Waals surface area (Å²) in [7, 11) is -5.52. The van der Waals surface area contributed by atoms with Crippen molar-refractivity contribution in [1.82, 2.24) is 0 Å². The van der Waals surface area contributed by atoms with E-state index in [-0.39, 0.29) is 22.3 Å². The maximum absolute atomic E-state index is 6.75. The van der Waals surface area contributed by atoms with Gasteiger partial charge in [-0.3, -0.25) is 0 Å². The van der Waals surface area contributed by atoms with Gasteiger partial charge in [-0.05, 0) is 40.2 Å². The number of halogens is 1. The molecule has 156 valence electrons. The average Bonchev–Trinajstić information content (AvgIpc) is 2.39. The Labute approximate surface area is 186 Å². The molecule has 0 spiro atoms. The van der Waals surface area contributed by atoms with E-state index in [1.54, 1.807) is 0 Å². The molecule has 0 aliphatic carbocycles. The molecule has 0 saturated carbocycles. The van der Waals surface area contributed by atoms with Crippen LogP contribution in [-0.4, -0.2) is 36.9 Å². The summed E-state index contributed by atoms with van der Waals surface area (Å²) in [5.74, 6) is 6.74. The molecule has 6 heteroatoms. The van der Waals surface area contributed by atoms with Crippen molar-refractivity contribution >= 4 is 47.3 Å². The van der Waals surface area contributed by atoms with Crippen LogP contribution < -0.4 is 0 Å². The third-order valence-electron chi connectivity index (χ3n) is 5.52. The highest BCUT2D eigenvalue weighted by atomic mass is 127. The lowest BCUT2D eigenvalue weighted by atomic mass is 10.2. The van der Waals surface area contributed by atoms with Gasteiger partial charge < -0.3 is 8.85 Å². The number of hydrogen-bond donors (Lipinski definition) is 0. The van der Waals surface area contributed by atoms with Crippen molar-refractivity contribution in [3.05, 3.63) is 0 Å². The zero-order valence-electron chi connectivity index (χ0n) is 19.8. The minimum atomic E-state index is -2.00. The fourth-order valence-electron chi connectivity index (χ4n) is 1.66. The lowest BCUT2D eigenvalue weighted by Crippen LogP contribution is -2.51. The number of hydrogen-bond acceptors (Lipinski definition) is 2. The van der Waals surface area contributed by atoms with E-state index >= 15 is 0 Å². The van der Waals surface area contributed by atoms with Crippen molar-refractivity contribution in [3.8, 4) is 21.3 Å². The molecule has 0 aromatic rings. The van der Waals surface area contributed by atoms with Gasteiger partial charge in [-0.2, -0.15) is 0 Å². The van der Waals surface area contributed by atoms with Gasteiger partial charge in [0.2, 0.25) is 0 Å².